The molecule has 0 heterocycles. The summed E-state index contributed by atoms with van der Waals surface area (Å²) in [5.74, 6) is -2.27. The first-order valence-electron chi connectivity index (χ1n) is 8.84. The van der Waals surface area contributed by atoms with Gasteiger partial charge in [0.2, 0.25) is 0 Å². The summed E-state index contributed by atoms with van der Waals surface area (Å²) < 4.78 is 36.8. The van der Waals surface area contributed by atoms with Gasteiger partial charge in [0.05, 0.1) is 13.2 Å². The molecule has 0 saturated heterocycles. The van der Waals surface area contributed by atoms with Gasteiger partial charge in [-0.1, -0.05) is 19.9 Å². The lowest BCUT2D eigenvalue weighted by atomic mass is 10.0. The molecular weight excluding hydrogens is 344 g/mol. The van der Waals surface area contributed by atoms with E-state index in [1.54, 1.807) is 13.8 Å². The second-order valence-electron chi connectivity index (χ2n) is 6.30. The highest BCUT2D eigenvalue weighted by molar-refractivity contribution is 5.81. The normalized spacial score (nSPS) is 12.0. The molecule has 1 amide bonds. The third-order valence-corrected chi connectivity index (χ3v) is 3.80. The molecule has 0 aliphatic carbocycles. The van der Waals surface area contributed by atoms with Crippen molar-refractivity contribution in [1.29, 1.82) is 0 Å². The van der Waals surface area contributed by atoms with Gasteiger partial charge >= 0.3 is 12.1 Å². The summed E-state index contributed by atoms with van der Waals surface area (Å²) in [7, 11) is 0. The van der Waals surface area contributed by atoms with E-state index in [2.05, 4.69) is 0 Å². The lowest BCUT2D eigenvalue weighted by Crippen LogP contribution is -2.48. The Bertz CT molecular complexity index is 607. The average Bonchev–Trinajstić information content (AvgIpc) is 2.57. The molecule has 26 heavy (non-hydrogen) atoms. The molecule has 0 fully saturated rings. The van der Waals surface area contributed by atoms with Gasteiger partial charge in [0, 0.05) is 13.0 Å². The fourth-order valence-electron chi connectivity index (χ4n) is 2.43. The average molecular weight is 371 g/mol. The fourth-order valence-corrected chi connectivity index (χ4v) is 2.43. The lowest BCUT2D eigenvalue weighted by molar-refractivity contribution is -0.149. The maximum atomic E-state index is 13.5. The zero-order valence-corrected chi connectivity index (χ0v) is 15.8. The van der Waals surface area contributed by atoms with E-state index < -0.39 is 29.7 Å². The number of nitrogens with zero attached hydrogens (tertiary/aromatic N) is 1. The second-order valence-corrected chi connectivity index (χ2v) is 6.30. The van der Waals surface area contributed by atoms with Crippen LogP contribution in [0.3, 0.4) is 0 Å². The number of rotatable bonds is 9. The minimum atomic E-state index is -1.00. The van der Waals surface area contributed by atoms with E-state index in [1.807, 2.05) is 13.8 Å². The summed E-state index contributed by atoms with van der Waals surface area (Å²) in [6, 6.07) is 2.43. The Morgan fingerprint density at radius 2 is 1.73 bits per heavy atom. The molecule has 1 unspecified atom stereocenters. The summed E-state index contributed by atoms with van der Waals surface area (Å²) in [6.07, 6.45) is 0.0354. The fraction of sp³-hybridized carbons (Fsp3) is 0.579. The van der Waals surface area contributed by atoms with Gasteiger partial charge in [-0.3, -0.25) is 4.90 Å². The van der Waals surface area contributed by atoms with E-state index in [1.165, 1.54) is 11.0 Å². The van der Waals surface area contributed by atoms with Crippen molar-refractivity contribution >= 4 is 12.1 Å². The molecule has 0 N–H and O–H groups in total. The van der Waals surface area contributed by atoms with Crippen molar-refractivity contribution in [3.8, 4) is 0 Å². The minimum Gasteiger partial charge on any atom is -0.464 e. The number of hydrogen-bond acceptors (Lipinski definition) is 4. The Morgan fingerprint density at radius 1 is 1.08 bits per heavy atom. The van der Waals surface area contributed by atoms with Crippen LogP contribution in [0.4, 0.5) is 13.6 Å². The molecule has 0 aromatic heterocycles. The number of esters is 1. The third-order valence-electron chi connectivity index (χ3n) is 3.80. The number of carbonyl (C=O) groups is 2. The van der Waals surface area contributed by atoms with E-state index >= 15 is 0 Å². The number of carbonyl (C=O) groups excluding carboxylic acids is 2. The van der Waals surface area contributed by atoms with Gasteiger partial charge in [0.25, 0.3) is 0 Å². The van der Waals surface area contributed by atoms with Gasteiger partial charge in [-0.15, -0.1) is 0 Å². The summed E-state index contributed by atoms with van der Waals surface area (Å²) in [6.45, 7) is 7.94. The molecular formula is C19H27F2NO4. The molecule has 0 spiro atoms. The summed E-state index contributed by atoms with van der Waals surface area (Å²) in [4.78, 5) is 26.1. The van der Waals surface area contributed by atoms with E-state index in [0.29, 0.717) is 24.4 Å². The molecule has 5 nitrogen and oxygen atoms in total. The number of hydrogen-bond donors (Lipinski definition) is 0. The zero-order valence-electron chi connectivity index (χ0n) is 15.8. The molecule has 1 aromatic rings. The van der Waals surface area contributed by atoms with Gasteiger partial charge in [-0.05, 0) is 43.9 Å². The molecule has 0 aliphatic heterocycles. The van der Waals surface area contributed by atoms with Crippen LogP contribution in [0.25, 0.3) is 0 Å². The van der Waals surface area contributed by atoms with E-state index in [4.69, 9.17) is 9.47 Å². The second kappa shape index (κ2) is 10.7. The predicted octanol–water partition coefficient (Wildman–Crippen LogP) is 3.94. The van der Waals surface area contributed by atoms with E-state index in [9.17, 15) is 18.4 Å². The van der Waals surface area contributed by atoms with Crippen molar-refractivity contribution in [2.45, 2.75) is 46.6 Å². The highest BCUT2D eigenvalue weighted by atomic mass is 19.2. The van der Waals surface area contributed by atoms with Crippen LogP contribution in [-0.2, 0) is 20.7 Å². The molecule has 1 rings (SSSR count). The highest BCUT2D eigenvalue weighted by Gasteiger charge is 2.32. The Kier molecular flexibility index (Phi) is 9.02. The number of amides is 1. The van der Waals surface area contributed by atoms with Crippen LogP contribution in [0, 0.1) is 17.6 Å². The Hall–Kier alpha value is -2.18. The Labute approximate surface area is 153 Å². The summed E-state index contributed by atoms with van der Waals surface area (Å²) in [5, 5.41) is 0. The summed E-state index contributed by atoms with van der Waals surface area (Å²) >= 11 is 0. The smallest absolute Gasteiger partial charge is 0.410 e. The van der Waals surface area contributed by atoms with Crippen LogP contribution in [0.1, 0.15) is 39.7 Å². The van der Waals surface area contributed by atoms with Crippen LogP contribution in [0.15, 0.2) is 18.2 Å². The molecule has 146 valence electrons. The first-order valence-corrected chi connectivity index (χ1v) is 8.84. The Morgan fingerprint density at radius 3 is 2.27 bits per heavy atom. The van der Waals surface area contributed by atoms with Crippen molar-refractivity contribution in [3.05, 3.63) is 35.4 Å². The maximum Gasteiger partial charge on any atom is 0.410 e. The van der Waals surface area contributed by atoms with Crippen molar-refractivity contribution < 1.29 is 27.8 Å². The van der Waals surface area contributed by atoms with Gasteiger partial charge in [0.1, 0.15) is 6.04 Å². The molecule has 1 atom stereocenters. The molecule has 0 bridgehead atoms. The lowest BCUT2D eigenvalue weighted by Gasteiger charge is -2.30. The Balaban J connectivity index is 3.13. The van der Waals surface area contributed by atoms with Gasteiger partial charge in [-0.2, -0.15) is 0 Å². The first kappa shape index (κ1) is 21.9. The summed E-state index contributed by atoms with van der Waals surface area (Å²) in [5.41, 5.74) is 0.390. The van der Waals surface area contributed by atoms with E-state index in [-0.39, 0.29) is 19.6 Å². The highest BCUT2D eigenvalue weighted by Crippen LogP contribution is 2.17. The molecule has 7 heteroatoms. The van der Waals surface area contributed by atoms with Crippen molar-refractivity contribution in [3.63, 3.8) is 0 Å². The topological polar surface area (TPSA) is 55.8 Å². The quantitative estimate of drug-likeness (QED) is 0.617. The SMILES string of the molecule is CCOC(=O)C(Cc1ccc(F)c(F)c1)N(CCC(C)C)C(=O)OCC. The largest absolute Gasteiger partial charge is 0.464 e. The van der Waals surface area contributed by atoms with Crippen LogP contribution in [-0.4, -0.2) is 42.8 Å². The van der Waals surface area contributed by atoms with Crippen molar-refractivity contribution in [2.75, 3.05) is 19.8 Å². The third kappa shape index (κ3) is 6.61. The van der Waals surface area contributed by atoms with Crippen LogP contribution < -0.4 is 0 Å². The van der Waals surface area contributed by atoms with Crippen LogP contribution >= 0.6 is 0 Å². The van der Waals surface area contributed by atoms with E-state index in [0.717, 1.165) is 12.1 Å². The number of benzene rings is 1. The van der Waals surface area contributed by atoms with Crippen molar-refractivity contribution in [2.24, 2.45) is 5.92 Å². The monoisotopic (exact) mass is 371 g/mol. The standard InChI is InChI=1S/C19H27F2NO4/c1-5-25-18(23)17(12-14-7-8-15(20)16(21)11-14)22(10-9-13(3)4)19(24)26-6-2/h7-8,11,13,17H,5-6,9-10,12H2,1-4H3. The molecule has 0 saturated carbocycles. The predicted molar refractivity (Wildman–Crippen MR) is 93.7 cm³/mol. The van der Waals surface area contributed by atoms with Gasteiger partial charge < -0.3 is 9.47 Å². The van der Waals surface area contributed by atoms with Crippen molar-refractivity contribution in [1.82, 2.24) is 4.90 Å². The number of ether oxygens (including phenoxy) is 2. The van der Waals surface area contributed by atoms with Crippen LogP contribution in [0.5, 0.6) is 0 Å². The number of halogens is 2. The molecule has 0 radical (unpaired) electrons. The van der Waals surface area contributed by atoms with Gasteiger partial charge in [0.15, 0.2) is 11.6 Å². The minimum absolute atomic E-state index is 0.00689. The zero-order chi connectivity index (χ0) is 19.7. The molecule has 0 aliphatic rings. The van der Waals surface area contributed by atoms with Gasteiger partial charge in [-0.25, -0.2) is 18.4 Å². The van der Waals surface area contributed by atoms with Crippen LogP contribution in [0.2, 0.25) is 0 Å². The molecule has 1 aromatic carbocycles. The maximum absolute atomic E-state index is 13.5. The first-order chi connectivity index (χ1) is 12.3.